The number of nitrogens with zero attached hydrogens (tertiary/aromatic N) is 2. The molecule has 18 heavy (non-hydrogen) atoms. The lowest BCUT2D eigenvalue weighted by molar-refractivity contribution is -0.0498. The molecular formula is C11H8F3N3O. The third-order valence-electron chi connectivity index (χ3n) is 2.11. The summed E-state index contributed by atoms with van der Waals surface area (Å²) in [5.41, 5.74) is 5.82. The summed E-state index contributed by atoms with van der Waals surface area (Å²) < 4.78 is 40.9. The predicted octanol–water partition coefficient (Wildman–Crippen LogP) is 2.47. The van der Waals surface area contributed by atoms with Crippen molar-refractivity contribution in [1.29, 1.82) is 0 Å². The smallest absolute Gasteiger partial charge is 0.387 e. The molecule has 0 fully saturated rings. The molecule has 7 heteroatoms. The number of hydrogen-bond acceptors (Lipinski definition) is 4. The lowest BCUT2D eigenvalue weighted by atomic mass is 10.2. The summed E-state index contributed by atoms with van der Waals surface area (Å²) >= 11 is 0. The van der Waals surface area contributed by atoms with Crippen LogP contribution in [0.3, 0.4) is 0 Å². The number of ether oxygens (including phenoxy) is 1. The summed E-state index contributed by atoms with van der Waals surface area (Å²) in [5, 5.41) is 0. The van der Waals surface area contributed by atoms with Gasteiger partial charge in [-0.15, -0.1) is 0 Å². The Hall–Kier alpha value is -2.31. The number of anilines is 1. The fourth-order valence-electron chi connectivity index (χ4n) is 1.30. The lowest BCUT2D eigenvalue weighted by Gasteiger charge is -2.05. The molecule has 0 unspecified atom stereocenters. The molecule has 0 saturated carbocycles. The van der Waals surface area contributed by atoms with Crippen LogP contribution in [0.25, 0.3) is 11.4 Å². The van der Waals surface area contributed by atoms with Gasteiger partial charge in [0.05, 0.1) is 6.20 Å². The van der Waals surface area contributed by atoms with Gasteiger partial charge in [0.15, 0.2) is 17.5 Å². The maximum absolute atomic E-state index is 12.9. The first kappa shape index (κ1) is 12.2. The van der Waals surface area contributed by atoms with Crippen LogP contribution in [0.15, 0.2) is 30.5 Å². The van der Waals surface area contributed by atoms with Gasteiger partial charge < -0.3 is 10.5 Å². The van der Waals surface area contributed by atoms with Crippen molar-refractivity contribution >= 4 is 5.82 Å². The van der Waals surface area contributed by atoms with E-state index in [-0.39, 0.29) is 17.4 Å². The summed E-state index contributed by atoms with van der Waals surface area (Å²) in [4.78, 5) is 7.48. The second-order valence-corrected chi connectivity index (χ2v) is 3.33. The number of halogens is 3. The Balaban J connectivity index is 2.25. The lowest BCUT2D eigenvalue weighted by Crippen LogP contribution is -2.02. The van der Waals surface area contributed by atoms with Gasteiger partial charge in [-0.1, -0.05) is 0 Å². The Labute approximate surface area is 100 Å². The summed E-state index contributed by atoms with van der Waals surface area (Å²) in [6.07, 6.45) is 0.946. The van der Waals surface area contributed by atoms with Gasteiger partial charge in [-0.05, 0) is 24.3 Å². The fourth-order valence-corrected chi connectivity index (χ4v) is 1.30. The van der Waals surface area contributed by atoms with Crippen LogP contribution >= 0.6 is 0 Å². The van der Waals surface area contributed by atoms with E-state index in [0.717, 1.165) is 6.20 Å². The third-order valence-corrected chi connectivity index (χ3v) is 2.11. The zero-order chi connectivity index (χ0) is 13.1. The van der Waals surface area contributed by atoms with Gasteiger partial charge in [-0.2, -0.15) is 8.78 Å². The van der Waals surface area contributed by atoms with Crippen LogP contribution in [0.5, 0.6) is 5.75 Å². The van der Waals surface area contributed by atoms with Crippen molar-refractivity contribution < 1.29 is 17.9 Å². The zero-order valence-electron chi connectivity index (χ0n) is 8.98. The molecule has 0 bridgehead atoms. The summed E-state index contributed by atoms with van der Waals surface area (Å²) in [6, 6.07) is 5.63. The Morgan fingerprint density at radius 3 is 2.39 bits per heavy atom. The van der Waals surface area contributed by atoms with Crippen molar-refractivity contribution in [2.45, 2.75) is 6.61 Å². The van der Waals surface area contributed by atoms with E-state index >= 15 is 0 Å². The average Bonchev–Trinajstić information content (AvgIpc) is 2.33. The maximum atomic E-state index is 12.9. The number of nitrogen functional groups attached to an aromatic ring is 1. The van der Waals surface area contributed by atoms with Gasteiger partial charge in [0.1, 0.15) is 5.75 Å². The first-order valence-electron chi connectivity index (χ1n) is 4.89. The van der Waals surface area contributed by atoms with Gasteiger partial charge in [-0.3, -0.25) is 0 Å². The summed E-state index contributed by atoms with van der Waals surface area (Å²) in [6.45, 7) is -2.88. The largest absolute Gasteiger partial charge is 0.435 e. The predicted molar refractivity (Wildman–Crippen MR) is 58.5 cm³/mol. The molecule has 2 N–H and O–H groups in total. The highest BCUT2D eigenvalue weighted by atomic mass is 19.3. The van der Waals surface area contributed by atoms with E-state index in [1.165, 1.54) is 24.3 Å². The van der Waals surface area contributed by atoms with Crippen LogP contribution < -0.4 is 10.5 Å². The minimum absolute atomic E-state index is 0.0174. The Morgan fingerprint density at radius 2 is 1.83 bits per heavy atom. The number of benzene rings is 1. The zero-order valence-corrected chi connectivity index (χ0v) is 8.98. The van der Waals surface area contributed by atoms with E-state index in [4.69, 9.17) is 5.73 Å². The Bertz CT molecular complexity index is 546. The van der Waals surface area contributed by atoms with E-state index in [2.05, 4.69) is 14.7 Å². The molecule has 0 atom stereocenters. The highest BCUT2D eigenvalue weighted by molar-refractivity contribution is 5.57. The molecule has 0 aliphatic carbocycles. The minimum Gasteiger partial charge on any atom is -0.435 e. The highest BCUT2D eigenvalue weighted by Gasteiger charge is 2.07. The fraction of sp³-hybridized carbons (Fsp3) is 0.0909. The Kier molecular flexibility index (Phi) is 3.31. The van der Waals surface area contributed by atoms with Gasteiger partial charge >= 0.3 is 6.61 Å². The minimum atomic E-state index is -2.88. The number of nitrogens with two attached hydrogens (primary N) is 1. The molecule has 4 nitrogen and oxygen atoms in total. The van der Waals surface area contributed by atoms with Crippen molar-refractivity contribution in [3.63, 3.8) is 0 Å². The number of aromatic nitrogens is 2. The highest BCUT2D eigenvalue weighted by Crippen LogP contribution is 2.21. The van der Waals surface area contributed by atoms with Crippen molar-refractivity contribution in [3.05, 3.63) is 36.3 Å². The molecule has 0 saturated heterocycles. The van der Waals surface area contributed by atoms with Crippen molar-refractivity contribution in [3.8, 4) is 17.1 Å². The Morgan fingerprint density at radius 1 is 1.17 bits per heavy atom. The first-order chi connectivity index (χ1) is 8.56. The van der Waals surface area contributed by atoms with Crippen molar-refractivity contribution in [2.75, 3.05) is 5.73 Å². The molecule has 94 valence electrons. The molecular weight excluding hydrogens is 247 g/mol. The molecule has 1 heterocycles. The topological polar surface area (TPSA) is 61.0 Å². The van der Waals surface area contributed by atoms with E-state index in [1.54, 1.807) is 0 Å². The molecule has 0 spiro atoms. The monoisotopic (exact) mass is 255 g/mol. The molecule has 2 rings (SSSR count). The van der Waals surface area contributed by atoms with E-state index in [1.807, 2.05) is 0 Å². The van der Waals surface area contributed by atoms with Crippen molar-refractivity contribution in [1.82, 2.24) is 9.97 Å². The van der Waals surface area contributed by atoms with Crippen LogP contribution in [0.4, 0.5) is 19.0 Å². The van der Waals surface area contributed by atoms with E-state index in [0.29, 0.717) is 5.56 Å². The van der Waals surface area contributed by atoms with Crippen LogP contribution in [0, 0.1) is 5.82 Å². The molecule has 2 aromatic rings. The molecule has 1 aromatic heterocycles. The summed E-state index contributed by atoms with van der Waals surface area (Å²) in [5.74, 6) is -0.759. The van der Waals surface area contributed by atoms with Gasteiger partial charge in [-0.25, -0.2) is 14.4 Å². The van der Waals surface area contributed by atoms with Crippen LogP contribution in [-0.2, 0) is 0 Å². The van der Waals surface area contributed by atoms with E-state index in [9.17, 15) is 13.2 Å². The van der Waals surface area contributed by atoms with Gasteiger partial charge in [0.25, 0.3) is 0 Å². The average molecular weight is 255 g/mol. The number of alkyl halides is 2. The molecule has 0 aliphatic rings. The van der Waals surface area contributed by atoms with E-state index < -0.39 is 12.4 Å². The number of hydrogen-bond donors (Lipinski definition) is 1. The normalized spacial score (nSPS) is 10.7. The SMILES string of the molecule is Nc1nc(-c2ccc(OC(F)F)cc2)ncc1F. The summed E-state index contributed by atoms with van der Waals surface area (Å²) in [7, 11) is 0. The van der Waals surface area contributed by atoms with Gasteiger partial charge in [0.2, 0.25) is 0 Å². The molecule has 1 aromatic carbocycles. The number of rotatable bonds is 3. The molecule has 0 amide bonds. The second kappa shape index (κ2) is 4.91. The first-order valence-corrected chi connectivity index (χ1v) is 4.89. The van der Waals surface area contributed by atoms with Gasteiger partial charge in [0, 0.05) is 5.56 Å². The maximum Gasteiger partial charge on any atom is 0.387 e. The molecule has 0 aliphatic heterocycles. The van der Waals surface area contributed by atoms with Crippen LogP contribution in [0.1, 0.15) is 0 Å². The third kappa shape index (κ3) is 2.68. The quantitative estimate of drug-likeness (QED) is 0.915. The van der Waals surface area contributed by atoms with Crippen LogP contribution in [-0.4, -0.2) is 16.6 Å². The standard InChI is InChI=1S/C11H8F3N3O/c12-8-5-16-10(17-9(8)15)6-1-3-7(4-2-6)18-11(13)14/h1-5,11H,(H2,15,16,17). The second-order valence-electron chi connectivity index (χ2n) is 3.33. The van der Waals surface area contributed by atoms with Crippen molar-refractivity contribution in [2.24, 2.45) is 0 Å². The molecule has 0 radical (unpaired) electrons. The van der Waals surface area contributed by atoms with Crippen LogP contribution in [0.2, 0.25) is 0 Å².